The summed E-state index contributed by atoms with van der Waals surface area (Å²) in [6.07, 6.45) is -0.325. The number of hydrogen-bond acceptors (Lipinski definition) is 1. The summed E-state index contributed by atoms with van der Waals surface area (Å²) < 4.78 is 2.26. The highest BCUT2D eigenvalue weighted by Crippen LogP contribution is 2.28. The molecular formula is C19H25N2O+. The third-order valence-corrected chi connectivity index (χ3v) is 4.60. The zero-order valence-electron chi connectivity index (χ0n) is 13.4. The van der Waals surface area contributed by atoms with E-state index in [-0.39, 0.29) is 6.10 Å². The predicted molar refractivity (Wildman–Crippen MR) is 92.4 cm³/mol. The van der Waals surface area contributed by atoms with Crippen molar-refractivity contribution < 1.29 is 10.0 Å². The Bertz CT molecular complexity index is 705. The Labute approximate surface area is 131 Å². The number of rotatable bonds is 6. The Morgan fingerprint density at radius 2 is 1.41 bits per heavy atom. The highest BCUT2D eigenvalue weighted by atomic mass is 16.3. The van der Waals surface area contributed by atoms with Crippen LogP contribution in [0.2, 0.25) is 0 Å². The summed E-state index contributed by atoms with van der Waals surface area (Å²) >= 11 is 0. The Kier molecular flexibility index (Phi) is 4.46. The molecule has 3 aromatic rings. The topological polar surface area (TPSA) is 29.6 Å². The molecule has 0 bridgehead atoms. The van der Waals surface area contributed by atoms with Crippen LogP contribution in [0.15, 0.2) is 48.5 Å². The van der Waals surface area contributed by atoms with E-state index >= 15 is 0 Å². The summed E-state index contributed by atoms with van der Waals surface area (Å²) in [6.45, 7) is 7.91. The fourth-order valence-electron chi connectivity index (χ4n) is 3.35. The first-order valence-corrected chi connectivity index (χ1v) is 8.22. The quantitative estimate of drug-likeness (QED) is 0.717. The molecule has 0 aliphatic heterocycles. The molecule has 0 radical (unpaired) electrons. The molecule has 1 aromatic heterocycles. The lowest BCUT2D eigenvalue weighted by Crippen LogP contribution is -3.12. The molecule has 0 fully saturated rings. The zero-order chi connectivity index (χ0) is 15.5. The van der Waals surface area contributed by atoms with E-state index in [2.05, 4.69) is 66.9 Å². The van der Waals surface area contributed by atoms with Gasteiger partial charge in [-0.15, -0.1) is 0 Å². The molecule has 1 heterocycles. The van der Waals surface area contributed by atoms with Gasteiger partial charge in [-0.2, -0.15) is 0 Å². The van der Waals surface area contributed by atoms with E-state index in [1.807, 2.05) is 0 Å². The molecular weight excluding hydrogens is 272 g/mol. The fourth-order valence-corrected chi connectivity index (χ4v) is 3.35. The van der Waals surface area contributed by atoms with E-state index in [9.17, 15) is 5.11 Å². The van der Waals surface area contributed by atoms with Gasteiger partial charge in [0.2, 0.25) is 0 Å². The number of likely N-dealkylation sites (N-methyl/N-ethyl adjacent to an activating group) is 1. The number of para-hydroxylation sites is 2. The minimum Gasteiger partial charge on any atom is -0.385 e. The number of aliphatic hydroxyl groups is 1. The molecule has 0 aliphatic carbocycles. The molecule has 3 rings (SSSR count). The van der Waals surface area contributed by atoms with E-state index in [0.29, 0.717) is 6.54 Å². The highest BCUT2D eigenvalue weighted by Gasteiger charge is 2.16. The van der Waals surface area contributed by atoms with Gasteiger partial charge in [0.25, 0.3) is 0 Å². The SMILES string of the molecule is CC[NH+](CC)C[C@H](O)Cn1c2ccccc2c2ccccc21. The molecule has 0 spiro atoms. The van der Waals surface area contributed by atoms with Crippen molar-refractivity contribution in [3.8, 4) is 0 Å². The van der Waals surface area contributed by atoms with Gasteiger partial charge in [0, 0.05) is 21.8 Å². The molecule has 2 aromatic carbocycles. The van der Waals surface area contributed by atoms with Crippen molar-refractivity contribution in [1.29, 1.82) is 0 Å². The number of nitrogens with zero attached hydrogens (tertiary/aromatic N) is 1. The summed E-state index contributed by atoms with van der Waals surface area (Å²) in [4.78, 5) is 1.44. The van der Waals surface area contributed by atoms with Crippen LogP contribution in [0.4, 0.5) is 0 Å². The van der Waals surface area contributed by atoms with E-state index in [0.717, 1.165) is 19.6 Å². The fraction of sp³-hybridized carbons (Fsp3) is 0.368. The van der Waals surface area contributed by atoms with Gasteiger partial charge in [-0.1, -0.05) is 36.4 Å². The number of aromatic nitrogens is 1. The molecule has 0 aliphatic rings. The third kappa shape index (κ3) is 2.74. The normalized spacial score (nSPS) is 13.3. The summed E-state index contributed by atoms with van der Waals surface area (Å²) in [7, 11) is 0. The maximum atomic E-state index is 10.5. The molecule has 0 unspecified atom stereocenters. The molecule has 116 valence electrons. The monoisotopic (exact) mass is 297 g/mol. The zero-order valence-corrected chi connectivity index (χ0v) is 13.4. The van der Waals surface area contributed by atoms with Crippen molar-refractivity contribution in [3.05, 3.63) is 48.5 Å². The van der Waals surface area contributed by atoms with Crippen molar-refractivity contribution in [2.45, 2.75) is 26.5 Å². The third-order valence-electron chi connectivity index (χ3n) is 4.60. The Morgan fingerprint density at radius 1 is 0.909 bits per heavy atom. The second kappa shape index (κ2) is 6.51. The van der Waals surface area contributed by atoms with Gasteiger partial charge in [0.05, 0.1) is 19.6 Å². The van der Waals surface area contributed by atoms with Crippen LogP contribution in [-0.2, 0) is 6.54 Å². The van der Waals surface area contributed by atoms with E-state index < -0.39 is 0 Å². The van der Waals surface area contributed by atoms with Crippen LogP contribution in [0.5, 0.6) is 0 Å². The van der Waals surface area contributed by atoms with Gasteiger partial charge in [-0.05, 0) is 26.0 Å². The van der Waals surface area contributed by atoms with E-state index in [1.54, 1.807) is 0 Å². The van der Waals surface area contributed by atoms with Gasteiger partial charge in [0.15, 0.2) is 0 Å². The summed E-state index contributed by atoms with van der Waals surface area (Å²) in [5, 5.41) is 13.1. The standard InChI is InChI=1S/C19H24N2O/c1-3-20(4-2)13-15(22)14-21-18-11-7-5-9-16(18)17-10-6-8-12-19(17)21/h5-12,15,22H,3-4,13-14H2,1-2H3/p+1/t15-/m0/s1. The second-order valence-corrected chi connectivity index (χ2v) is 5.96. The maximum Gasteiger partial charge on any atom is 0.121 e. The van der Waals surface area contributed by atoms with Gasteiger partial charge in [0.1, 0.15) is 12.6 Å². The van der Waals surface area contributed by atoms with E-state index in [1.165, 1.54) is 26.7 Å². The van der Waals surface area contributed by atoms with Gasteiger partial charge < -0.3 is 14.6 Å². The number of hydrogen-bond donors (Lipinski definition) is 2. The molecule has 0 saturated heterocycles. The summed E-state index contributed by atoms with van der Waals surface area (Å²) in [6, 6.07) is 16.9. The smallest absolute Gasteiger partial charge is 0.121 e. The van der Waals surface area contributed by atoms with Crippen molar-refractivity contribution in [1.82, 2.24) is 4.57 Å². The molecule has 1 atom stereocenters. The largest absolute Gasteiger partial charge is 0.385 e. The number of benzene rings is 2. The van der Waals surface area contributed by atoms with Crippen molar-refractivity contribution >= 4 is 21.8 Å². The molecule has 3 nitrogen and oxygen atoms in total. The summed E-state index contributed by atoms with van der Waals surface area (Å²) in [5.74, 6) is 0. The number of nitrogens with one attached hydrogen (secondary N) is 1. The lowest BCUT2D eigenvalue weighted by Gasteiger charge is -2.20. The highest BCUT2D eigenvalue weighted by molar-refractivity contribution is 6.07. The van der Waals surface area contributed by atoms with Crippen molar-refractivity contribution in [3.63, 3.8) is 0 Å². The van der Waals surface area contributed by atoms with Crippen LogP contribution in [0, 0.1) is 0 Å². The van der Waals surface area contributed by atoms with Crippen LogP contribution in [0.3, 0.4) is 0 Å². The lowest BCUT2D eigenvalue weighted by atomic mass is 10.2. The van der Waals surface area contributed by atoms with Crippen molar-refractivity contribution in [2.75, 3.05) is 19.6 Å². The number of aliphatic hydroxyl groups excluding tert-OH is 1. The molecule has 2 N–H and O–H groups in total. The molecule has 22 heavy (non-hydrogen) atoms. The van der Waals surface area contributed by atoms with Crippen molar-refractivity contribution in [2.24, 2.45) is 0 Å². The maximum absolute atomic E-state index is 10.5. The lowest BCUT2D eigenvalue weighted by molar-refractivity contribution is -0.899. The van der Waals surface area contributed by atoms with Gasteiger partial charge in [-0.3, -0.25) is 0 Å². The Hall–Kier alpha value is -1.84. The average Bonchev–Trinajstić information content (AvgIpc) is 2.87. The number of quaternary nitrogens is 1. The minimum absolute atomic E-state index is 0.325. The average molecular weight is 297 g/mol. The van der Waals surface area contributed by atoms with E-state index in [4.69, 9.17) is 0 Å². The minimum atomic E-state index is -0.325. The molecule has 3 heteroatoms. The molecule has 0 saturated carbocycles. The Morgan fingerprint density at radius 3 is 1.91 bits per heavy atom. The first-order valence-electron chi connectivity index (χ1n) is 8.22. The predicted octanol–water partition coefficient (Wildman–Crippen LogP) is 2.08. The van der Waals surface area contributed by atoms with Gasteiger partial charge >= 0.3 is 0 Å². The van der Waals surface area contributed by atoms with Gasteiger partial charge in [-0.25, -0.2) is 0 Å². The second-order valence-electron chi connectivity index (χ2n) is 5.96. The Balaban J connectivity index is 1.98. The summed E-state index contributed by atoms with van der Waals surface area (Å²) in [5.41, 5.74) is 2.41. The van der Waals surface area contributed by atoms with Crippen LogP contribution < -0.4 is 4.90 Å². The molecule has 0 amide bonds. The first-order chi connectivity index (χ1) is 10.7. The van der Waals surface area contributed by atoms with Crippen LogP contribution in [-0.4, -0.2) is 35.4 Å². The first kappa shape index (κ1) is 15.1. The van der Waals surface area contributed by atoms with Crippen LogP contribution >= 0.6 is 0 Å². The van der Waals surface area contributed by atoms with Crippen LogP contribution in [0.1, 0.15) is 13.8 Å². The number of fused-ring (bicyclic) bond motifs is 3. The van der Waals surface area contributed by atoms with Crippen LogP contribution in [0.25, 0.3) is 21.8 Å².